The van der Waals surface area contributed by atoms with Gasteiger partial charge in [-0.05, 0) is 60.9 Å². The molecule has 2 amide bonds. The third-order valence-electron chi connectivity index (χ3n) is 7.82. The normalized spacial score (nSPS) is 18.6. The molecule has 0 spiro atoms. The molecule has 5 rings (SSSR count). The molecule has 0 radical (unpaired) electrons. The Morgan fingerprint density at radius 3 is 2.73 bits per heavy atom. The molecule has 1 aromatic heterocycles. The number of hydrogen-bond donors (Lipinski definition) is 3. The third-order valence-corrected chi connectivity index (χ3v) is 7.82. The number of amidine groups is 1. The molecule has 1 fully saturated rings. The number of fused-ring (bicyclic) bond motifs is 1. The minimum Gasteiger partial charge on any atom is -0.385 e. The highest BCUT2D eigenvalue weighted by molar-refractivity contribution is 6.09. The number of carbonyl (C=O) groups is 1. The Morgan fingerprint density at radius 2 is 2.03 bits per heavy atom. The smallest absolute Gasteiger partial charge is 0.317 e. The summed E-state index contributed by atoms with van der Waals surface area (Å²) < 4.78 is 7.40. The van der Waals surface area contributed by atoms with E-state index in [1.165, 1.54) is 16.7 Å². The third kappa shape index (κ3) is 5.23. The molecule has 3 aliphatic rings. The molecule has 9 nitrogen and oxygen atoms in total. The second-order valence-corrected chi connectivity index (χ2v) is 10.2. The minimum absolute atomic E-state index is 0.0937. The molecule has 3 N–H and O–H groups in total. The lowest BCUT2D eigenvalue weighted by atomic mass is 9.91. The predicted molar refractivity (Wildman–Crippen MR) is 146 cm³/mol. The van der Waals surface area contributed by atoms with E-state index < -0.39 is 0 Å². The summed E-state index contributed by atoms with van der Waals surface area (Å²) in [5.74, 6) is 0.500. The second kappa shape index (κ2) is 11.0. The van der Waals surface area contributed by atoms with Crippen molar-refractivity contribution in [2.24, 2.45) is 7.05 Å². The first-order valence-corrected chi connectivity index (χ1v) is 13.5. The average Bonchev–Trinajstić information content (AvgIpc) is 3.37. The molecule has 1 aromatic carbocycles. The molecular weight excluding hydrogens is 466 g/mol. The van der Waals surface area contributed by atoms with Gasteiger partial charge in [0.15, 0.2) is 0 Å². The fourth-order valence-corrected chi connectivity index (χ4v) is 5.75. The highest BCUT2D eigenvalue weighted by Crippen LogP contribution is 2.36. The van der Waals surface area contributed by atoms with E-state index in [1.54, 1.807) is 7.05 Å². The number of amides is 2. The number of urea groups is 1. The van der Waals surface area contributed by atoms with Crippen molar-refractivity contribution in [3.8, 4) is 11.1 Å². The van der Waals surface area contributed by atoms with Gasteiger partial charge in [-0.25, -0.2) is 4.79 Å². The molecule has 0 atom stereocenters. The first kappa shape index (κ1) is 25.3. The zero-order chi connectivity index (χ0) is 25.9. The Kier molecular flexibility index (Phi) is 7.50. The summed E-state index contributed by atoms with van der Waals surface area (Å²) >= 11 is 0. The van der Waals surface area contributed by atoms with E-state index in [4.69, 9.17) is 4.74 Å². The summed E-state index contributed by atoms with van der Waals surface area (Å²) in [5.41, 5.74) is 8.04. The maximum absolute atomic E-state index is 12.5. The van der Waals surface area contributed by atoms with Crippen molar-refractivity contribution in [1.82, 2.24) is 25.3 Å². The number of hydrogen-bond acceptors (Lipinski definition) is 5. The summed E-state index contributed by atoms with van der Waals surface area (Å²) in [6, 6.07) is 4.83. The van der Waals surface area contributed by atoms with Crippen LogP contribution in [-0.2, 0) is 24.6 Å². The van der Waals surface area contributed by atoms with Crippen molar-refractivity contribution < 1.29 is 9.53 Å². The Labute approximate surface area is 219 Å². The topological polar surface area (TPSA) is 98.5 Å². The number of nitrogens with zero attached hydrogens (tertiary/aromatic N) is 4. The number of rotatable bonds is 5. The lowest BCUT2D eigenvalue weighted by Gasteiger charge is -2.38. The standard InChI is InChI=1S/C28H39N7O2/c1-4-19-15-26-20(14-23(19)21-16-31-33(3)17-21)6-5-10-35(26)27(29)24-18-34(28(36)30-2)11-7-25(24)32-22-8-12-37-13-9-22/h14-17,22,29,32H,4-13,18H2,1-3H3,(H,30,36). The zero-order valence-electron chi connectivity index (χ0n) is 22.3. The summed E-state index contributed by atoms with van der Waals surface area (Å²) in [4.78, 5) is 16.5. The lowest BCUT2D eigenvalue weighted by Crippen LogP contribution is -2.48. The number of aryl methyl sites for hydroxylation is 3. The van der Waals surface area contributed by atoms with Gasteiger partial charge in [0.25, 0.3) is 0 Å². The highest BCUT2D eigenvalue weighted by Gasteiger charge is 2.31. The Bertz CT molecular complexity index is 1200. The molecule has 3 aliphatic heterocycles. The molecule has 0 aliphatic carbocycles. The second-order valence-electron chi connectivity index (χ2n) is 10.2. The van der Waals surface area contributed by atoms with Gasteiger partial charge in [-0.15, -0.1) is 0 Å². The van der Waals surface area contributed by atoms with E-state index in [1.807, 2.05) is 22.8 Å². The van der Waals surface area contributed by atoms with E-state index in [-0.39, 0.29) is 6.03 Å². The van der Waals surface area contributed by atoms with Crippen LogP contribution in [0.4, 0.5) is 10.5 Å². The molecule has 198 valence electrons. The highest BCUT2D eigenvalue weighted by atomic mass is 16.5. The van der Waals surface area contributed by atoms with Gasteiger partial charge in [0.2, 0.25) is 0 Å². The zero-order valence-corrected chi connectivity index (χ0v) is 22.3. The van der Waals surface area contributed by atoms with Crippen LogP contribution in [0.2, 0.25) is 0 Å². The fourth-order valence-electron chi connectivity index (χ4n) is 5.75. The van der Waals surface area contributed by atoms with Gasteiger partial charge in [0, 0.05) is 81.6 Å². The van der Waals surface area contributed by atoms with Gasteiger partial charge in [-0.2, -0.15) is 5.10 Å². The maximum atomic E-state index is 12.5. The van der Waals surface area contributed by atoms with Gasteiger partial charge < -0.3 is 25.2 Å². The summed E-state index contributed by atoms with van der Waals surface area (Å²) in [6.45, 7) is 5.59. The van der Waals surface area contributed by atoms with Gasteiger partial charge in [0.1, 0.15) is 5.84 Å². The molecule has 0 bridgehead atoms. The molecule has 0 saturated carbocycles. The van der Waals surface area contributed by atoms with E-state index in [0.717, 1.165) is 80.8 Å². The molecule has 2 aromatic rings. The SMILES string of the molecule is CCc1cc2c(cc1-c1cnn(C)c1)CCCN2C(=N)C1=C(NC2CCOCC2)CCN(C(=O)NC)C1. The number of nitrogens with one attached hydrogen (secondary N) is 3. The van der Waals surface area contributed by atoms with Crippen molar-refractivity contribution in [2.45, 2.75) is 51.5 Å². The fraction of sp³-hybridized carbons (Fsp3) is 0.536. The van der Waals surface area contributed by atoms with E-state index in [9.17, 15) is 10.2 Å². The average molecular weight is 506 g/mol. The van der Waals surface area contributed by atoms with E-state index in [2.05, 4.69) is 45.9 Å². The van der Waals surface area contributed by atoms with Crippen molar-refractivity contribution in [3.05, 3.63) is 46.9 Å². The van der Waals surface area contributed by atoms with Crippen molar-refractivity contribution in [1.29, 1.82) is 5.41 Å². The predicted octanol–water partition coefficient (Wildman–Crippen LogP) is 3.45. The molecular formula is C28H39N7O2. The van der Waals surface area contributed by atoms with Crippen molar-refractivity contribution >= 4 is 17.6 Å². The van der Waals surface area contributed by atoms with Crippen LogP contribution in [0.3, 0.4) is 0 Å². The van der Waals surface area contributed by atoms with Crippen molar-refractivity contribution in [3.63, 3.8) is 0 Å². The van der Waals surface area contributed by atoms with Gasteiger partial charge >= 0.3 is 6.03 Å². The number of ether oxygens (including phenoxy) is 1. The van der Waals surface area contributed by atoms with Crippen LogP contribution in [0, 0.1) is 5.41 Å². The maximum Gasteiger partial charge on any atom is 0.317 e. The molecule has 4 heterocycles. The first-order chi connectivity index (χ1) is 18.0. The Hall–Kier alpha value is -3.33. The molecule has 9 heteroatoms. The van der Waals surface area contributed by atoms with Crippen LogP contribution in [0.5, 0.6) is 0 Å². The van der Waals surface area contributed by atoms with Crippen LogP contribution in [0.15, 0.2) is 35.8 Å². The largest absolute Gasteiger partial charge is 0.385 e. The minimum atomic E-state index is -0.0937. The van der Waals surface area contributed by atoms with E-state index in [0.29, 0.717) is 25.0 Å². The first-order valence-electron chi connectivity index (χ1n) is 13.5. The van der Waals surface area contributed by atoms with Crippen LogP contribution < -0.4 is 15.5 Å². The summed E-state index contributed by atoms with van der Waals surface area (Å²) in [7, 11) is 3.61. The van der Waals surface area contributed by atoms with Gasteiger partial charge in [0.05, 0.1) is 12.7 Å². The van der Waals surface area contributed by atoms with Gasteiger partial charge in [-0.1, -0.05) is 6.92 Å². The molecule has 1 saturated heterocycles. The number of anilines is 1. The van der Waals surface area contributed by atoms with Crippen LogP contribution in [0.25, 0.3) is 11.1 Å². The van der Waals surface area contributed by atoms with Crippen molar-refractivity contribution in [2.75, 3.05) is 44.8 Å². The number of carbonyl (C=O) groups excluding carboxylic acids is 1. The molecule has 37 heavy (non-hydrogen) atoms. The lowest BCUT2D eigenvalue weighted by molar-refractivity contribution is 0.0798. The summed E-state index contributed by atoms with van der Waals surface area (Å²) in [5, 5.41) is 20.3. The van der Waals surface area contributed by atoms with E-state index >= 15 is 0 Å². The van der Waals surface area contributed by atoms with Gasteiger partial charge in [-0.3, -0.25) is 10.1 Å². The number of benzene rings is 1. The monoisotopic (exact) mass is 505 g/mol. The van der Waals surface area contributed by atoms with Crippen LogP contribution in [-0.4, -0.2) is 72.5 Å². The quantitative estimate of drug-likeness (QED) is 0.427. The van der Waals surface area contributed by atoms with Crippen LogP contribution in [0.1, 0.15) is 43.7 Å². The molecule has 0 unspecified atom stereocenters. The van der Waals surface area contributed by atoms with Crippen LogP contribution >= 0.6 is 0 Å². The number of aromatic nitrogens is 2. The Morgan fingerprint density at radius 1 is 1.22 bits per heavy atom. The summed E-state index contributed by atoms with van der Waals surface area (Å²) in [6.07, 6.45) is 9.54. The Balaban J connectivity index is 1.49.